The van der Waals surface area contributed by atoms with Crippen molar-refractivity contribution >= 4 is 22.6 Å². The lowest BCUT2D eigenvalue weighted by Gasteiger charge is -2.39. The van der Waals surface area contributed by atoms with Crippen molar-refractivity contribution in [1.82, 2.24) is 4.90 Å². The average molecular weight is 712 g/mol. The number of allylic oxidation sites excluding steroid dienone is 8. The molecule has 4 nitrogen and oxygen atoms in total. The van der Waals surface area contributed by atoms with E-state index in [4.69, 9.17) is 14.2 Å². The van der Waals surface area contributed by atoms with E-state index in [1.54, 1.807) is 0 Å². The topological polar surface area (TPSA) is 30.9 Å². The van der Waals surface area contributed by atoms with Gasteiger partial charge < -0.3 is 19.1 Å². The predicted octanol–water partition coefficient (Wildman–Crippen LogP) is 9.95. The van der Waals surface area contributed by atoms with E-state index in [-0.39, 0.29) is 12.2 Å². The second kappa shape index (κ2) is 17.6. The van der Waals surface area contributed by atoms with Crippen molar-refractivity contribution in [2.75, 3.05) is 32.9 Å². The SMILES string of the molecule is C=C/C(=C\C1=C(C)OCCN1C/C(C)=C/C=C\CC)Cc1cc([C@@H]2O[C@H](COCCCC)C[C@H](C=C)C2I)ccc1C1CC1. The van der Waals surface area contributed by atoms with Gasteiger partial charge in [-0.3, -0.25) is 0 Å². The minimum Gasteiger partial charge on any atom is -0.494 e. The van der Waals surface area contributed by atoms with Crippen LogP contribution in [0.2, 0.25) is 0 Å². The third-order valence-corrected chi connectivity index (χ3v) is 10.5. The van der Waals surface area contributed by atoms with Crippen LogP contribution in [-0.2, 0) is 20.6 Å². The largest absolute Gasteiger partial charge is 0.494 e. The molecule has 0 bridgehead atoms. The minimum absolute atomic E-state index is 0.0130. The molecule has 1 saturated carbocycles. The van der Waals surface area contributed by atoms with Gasteiger partial charge in [0.1, 0.15) is 12.4 Å². The van der Waals surface area contributed by atoms with Crippen LogP contribution in [0.3, 0.4) is 0 Å². The number of unbranched alkanes of at least 4 members (excludes halogenated alkanes) is 1. The molecule has 1 aromatic rings. The highest BCUT2D eigenvalue weighted by Crippen LogP contribution is 2.45. The summed E-state index contributed by atoms with van der Waals surface area (Å²) in [6, 6.07) is 7.11. The Hall–Kier alpha value is -2.09. The van der Waals surface area contributed by atoms with Crippen molar-refractivity contribution in [1.29, 1.82) is 0 Å². The van der Waals surface area contributed by atoms with E-state index in [0.717, 1.165) is 63.3 Å². The molecule has 2 fully saturated rings. The number of ether oxygens (including phenoxy) is 3. The number of nitrogens with zero attached hydrogens (tertiary/aromatic N) is 1. The molecule has 44 heavy (non-hydrogen) atoms. The van der Waals surface area contributed by atoms with Crippen LogP contribution in [0, 0.1) is 5.92 Å². The van der Waals surface area contributed by atoms with Crippen molar-refractivity contribution in [2.45, 2.75) is 94.7 Å². The summed E-state index contributed by atoms with van der Waals surface area (Å²) in [7, 11) is 0. The molecule has 0 spiro atoms. The van der Waals surface area contributed by atoms with Gasteiger partial charge in [0.15, 0.2) is 0 Å². The first-order valence-electron chi connectivity index (χ1n) is 16.7. The second-order valence-electron chi connectivity index (χ2n) is 12.6. The Morgan fingerprint density at radius 2 is 2.02 bits per heavy atom. The molecule has 1 unspecified atom stereocenters. The monoisotopic (exact) mass is 711 g/mol. The number of alkyl halides is 1. The van der Waals surface area contributed by atoms with Crippen LogP contribution in [0.1, 0.15) is 94.9 Å². The highest BCUT2D eigenvalue weighted by atomic mass is 127. The van der Waals surface area contributed by atoms with Crippen LogP contribution in [0.5, 0.6) is 0 Å². The molecule has 4 atom stereocenters. The third-order valence-electron chi connectivity index (χ3n) is 8.89. The third kappa shape index (κ3) is 9.70. The molecule has 1 saturated heterocycles. The van der Waals surface area contributed by atoms with Gasteiger partial charge in [-0.1, -0.05) is 104 Å². The van der Waals surface area contributed by atoms with Crippen molar-refractivity contribution < 1.29 is 14.2 Å². The molecule has 0 aromatic heterocycles. The summed E-state index contributed by atoms with van der Waals surface area (Å²) >= 11 is 2.59. The Labute approximate surface area is 281 Å². The van der Waals surface area contributed by atoms with E-state index in [9.17, 15) is 0 Å². The van der Waals surface area contributed by atoms with Gasteiger partial charge in [-0.05, 0) is 92.5 Å². The van der Waals surface area contributed by atoms with Crippen molar-refractivity contribution in [3.63, 3.8) is 0 Å². The smallest absolute Gasteiger partial charge is 0.116 e. The molecule has 0 radical (unpaired) electrons. The minimum atomic E-state index is 0.0130. The normalized spacial score (nSPS) is 25.0. The summed E-state index contributed by atoms with van der Waals surface area (Å²) in [6.07, 6.45) is 20.8. The molecule has 4 rings (SSSR count). The fourth-order valence-electron chi connectivity index (χ4n) is 6.18. The van der Waals surface area contributed by atoms with Gasteiger partial charge in [0.05, 0.1) is 31.1 Å². The predicted molar refractivity (Wildman–Crippen MR) is 193 cm³/mol. The molecule has 0 amide bonds. The first-order valence-corrected chi connectivity index (χ1v) is 18.0. The summed E-state index contributed by atoms with van der Waals surface area (Å²) in [5.74, 6) is 2.04. The second-order valence-corrected chi connectivity index (χ2v) is 14.0. The lowest BCUT2D eigenvalue weighted by atomic mass is 9.86. The van der Waals surface area contributed by atoms with Gasteiger partial charge in [-0.2, -0.15) is 0 Å². The van der Waals surface area contributed by atoms with Gasteiger partial charge in [0.25, 0.3) is 0 Å². The molecule has 1 aromatic carbocycles. The molecule has 3 aliphatic rings. The molecule has 2 heterocycles. The highest BCUT2D eigenvalue weighted by Gasteiger charge is 2.37. The quantitative estimate of drug-likeness (QED) is 0.0562. The summed E-state index contributed by atoms with van der Waals surface area (Å²) in [5, 5.41) is 0. The van der Waals surface area contributed by atoms with Crippen molar-refractivity contribution in [3.05, 3.63) is 107 Å². The first kappa shape index (κ1) is 34.8. The number of hydrogen-bond donors (Lipinski definition) is 0. The van der Waals surface area contributed by atoms with Crippen molar-refractivity contribution in [2.24, 2.45) is 5.92 Å². The van der Waals surface area contributed by atoms with E-state index in [2.05, 4.69) is 117 Å². The molecule has 2 aliphatic heterocycles. The van der Waals surface area contributed by atoms with Crippen LogP contribution in [-0.4, -0.2) is 47.8 Å². The lowest BCUT2D eigenvalue weighted by Crippen LogP contribution is -2.38. The highest BCUT2D eigenvalue weighted by molar-refractivity contribution is 14.1. The zero-order chi connectivity index (χ0) is 31.5. The van der Waals surface area contributed by atoms with E-state index in [0.29, 0.717) is 29.0 Å². The van der Waals surface area contributed by atoms with Gasteiger partial charge >= 0.3 is 0 Å². The maximum Gasteiger partial charge on any atom is 0.116 e. The summed E-state index contributed by atoms with van der Waals surface area (Å²) in [6.45, 7) is 21.0. The van der Waals surface area contributed by atoms with E-state index in [1.807, 2.05) is 6.08 Å². The number of rotatable bonds is 16. The molecular weight excluding hydrogens is 657 g/mol. The zero-order valence-corrected chi connectivity index (χ0v) is 29.7. The maximum atomic E-state index is 6.77. The zero-order valence-electron chi connectivity index (χ0n) is 27.5. The number of halogens is 1. The molecular formula is C39H54INO3. The van der Waals surface area contributed by atoms with Crippen LogP contribution in [0.4, 0.5) is 0 Å². The summed E-state index contributed by atoms with van der Waals surface area (Å²) in [5.41, 5.74) is 7.84. The number of hydrogen-bond acceptors (Lipinski definition) is 4. The van der Waals surface area contributed by atoms with Gasteiger partial charge in [0, 0.05) is 17.1 Å². The molecule has 1 aliphatic carbocycles. The maximum absolute atomic E-state index is 6.77. The van der Waals surface area contributed by atoms with Gasteiger partial charge in [0.2, 0.25) is 0 Å². The van der Waals surface area contributed by atoms with Crippen molar-refractivity contribution in [3.8, 4) is 0 Å². The van der Waals surface area contributed by atoms with Crippen LogP contribution < -0.4 is 0 Å². The fourth-order valence-corrected chi connectivity index (χ4v) is 7.36. The van der Waals surface area contributed by atoms with E-state index in [1.165, 1.54) is 40.7 Å². The van der Waals surface area contributed by atoms with E-state index >= 15 is 0 Å². The fraction of sp³-hybridized carbons (Fsp3) is 0.538. The molecule has 240 valence electrons. The summed E-state index contributed by atoms with van der Waals surface area (Å²) in [4.78, 5) is 2.45. The Morgan fingerprint density at radius 1 is 1.20 bits per heavy atom. The Morgan fingerprint density at radius 3 is 2.73 bits per heavy atom. The Kier molecular flexibility index (Phi) is 13.9. The average Bonchev–Trinajstić information content (AvgIpc) is 3.87. The summed E-state index contributed by atoms with van der Waals surface area (Å²) < 4.78 is 19.1. The Balaban J connectivity index is 1.59. The van der Waals surface area contributed by atoms with E-state index < -0.39 is 0 Å². The number of benzene rings is 1. The first-order chi connectivity index (χ1) is 21.4. The van der Waals surface area contributed by atoms with Gasteiger partial charge in [-0.25, -0.2) is 0 Å². The van der Waals surface area contributed by atoms with Gasteiger partial charge in [-0.15, -0.1) is 6.58 Å². The van der Waals surface area contributed by atoms with Crippen LogP contribution in [0.25, 0.3) is 0 Å². The van der Waals surface area contributed by atoms with Crippen LogP contribution >= 0.6 is 22.6 Å². The standard InChI is InChI=1S/C39H54INO3/c1-7-11-13-14-28(5)26-41-19-21-43-29(6)37(41)23-30(9-3)22-34-24-33(17-18-36(34)32-15-16-32)39-38(40)31(10-4)25-35(44-39)27-42-20-12-8-2/h9-11,13-14,17-18,23-24,31-32,35,38-39H,3-4,7-8,12,15-16,19-22,25-27H2,1-2,5-6H3/b13-11-,28-14+,30-23+/t31-,35-,38?,39-/m0/s1. The van der Waals surface area contributed by atoms with Crippen LogP contribution in [0.15, 0.2) is 90.4 Å². The molecule has 5 heteroatoms. The molecule has 0 N–H and O–H groups in total. The lowest BCUT2D eigenvalue weighted by molar-refractivity contribution is -0.0925. The Bertz CT molecular complexity index is 1240.